The highest BCUT2D eigenvalue weighted by molar-refractivity contribution is 6.03. The quantitative estimate of drug-likeness (QED) is 0.482. The molecule has 2 aromatic heterocycles. The van der Waals surface area contributed by atoms with Crippen LogP contribution in [0.2, 0.25) is 0 Å². The van der Waals surface area contributed by atoms with Gasteiger partial charge in [-0.1, -0.05) is 30.2 Å². The molecule has 11 heteroatoms. The summed E-state index contributed by atoms with van der Waals surface area (Å²) in [4.78, 5) is 26.3. The number of hydrogen-bond donors (Lipinski definition) is 2. The minimum absolute atomic E-state index is 0.0131. The van der Waals surface area contributed by atoms with E-state index in [0.717, 1.165) is 26.2 Å². The summed E-state index contributed by atoms with van der Waals surface area (Å²) in [5, 5.41) is 8.96. The van der Waals surface area contributed by atoms with Gasteiger partial charge in [0.1, 0.15) is 17.1 Å². The molecule has 1 spiro atoms. The number of benzene rings is 1. The summed E-state index contributed by atoms with van der Waals surface area (Å²) in [6.07, 6.45) is 5.56. The smallest absolute Gasteiger partial charge is 0.298 e. The Bertz CT molecular complexity index is 1470. The molecule has 198 valence electrons. The number of hydrogen-bond acceptors (Lipinski definition) is 5. The summed E-state index contributed by atoms with van der Waals surface area (Å²) in [6.45, 7) is 3.92. The average molecular weight is 522 g/mol. The molecular weight excluding hydrogens is 492 g/mol. The SMILES string of the molecule is CC#CC(=O)N1CCC2(CC(n3nc(-c4cnn(Cc5ccccc5C(C)(F)F)c4)c(C(N)=O)c3N)C2)C1. The maximum atomic E-state index is 14.1. The lowest BCUT2D eigenvalue weighted by Crippen LogP contribution is -2.42. The van der Waals surface area contributed by atoms with Gasteiger partial charge < -0.3 is 16.4 Å². The third-order valence-electron chi connectivity index (χ3n) is 7.56. The maximum absolute atomic E-state index is 14.1. The molecule has 9 nitrogen and oxygen atoms in total. The van der Waals surface area contributed by atoms with Gasteiger partial charge in [0.2, 0.25) is 0 Å². The van der Waals surface area contributed by atoms with E-state index >= 15 is 0 Å². The van der Waals surface area contributed by atoms with E-state index in [-0.39, 0.29) is 40.9 Å². The normalized spacial score (nSPS) is 20.7. The summed E-state index contributed by atoms with van der Waals surface area (Å²) in [7, 11) is 0. The third kappa shape index (κ3) is 4.51. The van der Waals surface area contributed by atoms with E-state index in [9.17, 15) is 18.4 Å². The summed E-state index contributed by atoms with van der Waals surface area (Å²) >= 11 is 0. The lowest BCUT2D eigenvalue weighted by molar-refractivity contribution is -0.125. The Morgan fingerprint density at radius 2 is 2.00 bits per heavy atom. The molecule has 3 aromatic rings. The molecule has 1 saturated heterocycles. The van der Waals surface area contributed by atoms with Gasteiger partial charge in [0.25, 0.3) is 17.7 Å². The second-order valence-corrected chi connectivity index (χ2v) is 10.3. The number of nitrogens with zero attached hydrogens (tertiary/aromatic N) is 5. The molecule has 5 rings (SSSR count). The molecule has 1 aromatic carbocycles. The minimum atomic E-state index is -2.99. The number of alkyl halides is 2. The fourth-order valence-electron chi connectivity index (χ4n) is 5.74. The van der Waals surface area contributed by atoms with E-state index in [1.165, 1.54) is 16.9 Å². The van der Waals surface area contributed by atoms with Gasteiger partial charge in [0.15, 0.2) is 0 Å². The van der Waals surface area contributed by atoms with Crippen molar-refractivity contribution >= 4 is 17.6 Å². The van der Waals surface area contributed by atoms with Gasteiger partial charge in [0, 0.05) is 37.3 Å². The van der Waals surface area contributed by atoms with Crippen LogP contribution in [0, 0.1) is 17.3 Å². The third-order valence-corrected chi connectivity index (χ3v) is 7.56. The van der Waals surface area contributed by atoms with Crippen LogP contribution in [0.4, 0.5) is 14.6 Å². The molecule has 2 amide bonds. The molecular formula is C27H29F2N7O2. The van der Waals surface area contributed by atoms with E-state index in [4.69, 9.17) is 11.5 Å². The number of primary amides is 1. The molecule has 2 aliphatic rings. The lowest BCUT2D eigenvalue weighted by Gasteiger charge is -2.45. The largest absolute Gasteiger partial charge is 0.383 e. The molecule has 1 aliphatic carbocycles. The number of carbonyl (C=O) groups is 2. The number of anilines is 1. The van der Waals surface area contributed by atoms with Crippen molar-refractivity contribution in [2.45, 2.75) is 51.6 Å². The average Bonchev–Trinajstić information content (AvgIpc) is 3.55. The van der Waals surface area contributed by atoms with Crippen molar-refractivity contribution < 1.29 is 18.4 Å². The predicted octanol–water partition coefficient (Wildman–Crippen LogP) is 3.16. The number of carbonyl (C=O) groups excluding carboxylic acids is 2. The minimum Gasteiger partial charge on any atom is -0.383 e. The van der Waals surface area contributed by atoms with Crippen molar-refractivity contribution in [3.05, 3.63) is 53.3 Å². The summed E-state index contributed by atoms with van der Waals surface area (Å²) in [5.41, 5.74) is 13.3. The lowest BCUT2D eigenvalue weighted by atomic mass is 9.65. The van der Waals surface area contributed by atoms with Crippen LogP contribution in [0.5, 0.6) is 0 Å². The zero-order valence-corrected chi connectivity index (χ0v) is 21.2. The van der Waals surface area contributed by atoms with Crippen molar-refractivity contribution in [2.24, 2.45) is 11.1 Å². The van der Waals surface area contributed by atoms with Crippen LogP contribution in [-0.2, 0) is 17.3 Å². The maximum Gasteiger partial charge on any atom is 0.298 e. The first-order chi connectivity index (χ1) is 18.0. The molecule has 4 N–H and O–H groups in total. The first-order valence-corrected chi connectivity index (χ1v) is 12.4. The first-order valence-electron chi connectivity index (χ1n) is 12.4. The molecule has 2 fully saturated rings. The highest BCUT2D eigenvalue weighted by Crippen LogP contribution is 2.54. The van der Waals surface area contributed by atoms with Crippen molar-refractivity contribution in [3.8, 4) is 23.1 Å². The number of halogens is 2. The zero-order chi connectivity index (χ0) is 27.2. The fraction of sp³-hybridized carbons (Fsp3) is 0.407. The molecule has 1 aliphatic heterocycles. The van der Waals surface area contributed by atoms with E-state index in [1.807, 2.05) is 0 Å². The van der Waals surface area contributed by atoms with Crippen LogP contribution in [0.1, 0.15) is 60.6 Å². The van der Waals surface area contributed by atoms with Crippen LogP contribution in [0.3, 0.4) is 0 Å². The topological polar surface area (TPSA) is 125 Å². The van der Waals surface area contributed by atoms with Crippen LogP contribution in [-0.4, -0.2) is 49.4 Å². The second-order valence-electron chi connectivity index (χ2n) is 10.3. The monoisotopic (exact) mass is 521 g/mol. The number of nitrogens with two attached hydrogens (primary N) is 2. The van der Waals surface area contributed by atoms with Crippen molar-refractivity contribution in [3.63, 3.8) is 0 Å². The summed E-state index contributed by atoms with van der Waals surface area (Å²) in [6, 6.07) is 6.27. The van der Waals surface area contributed by atoms with Gasteiger partial charge in [-0.15, -0.1) is 0 Å². The van der Waals surface area contributed by atoms with Crippen molar-refractivity contribution in [1.29, 1.82) is 0 Å². The van der Waals surface area contributed by atoms with E-state index in [0.29, 0.717) is 29.9 Å². The second kappa shape index (κ2) is 9.28. The molecule has 0 radical (unpaired) electrons. The highest BCUT2D eigenvalue weighted by Gasteiger charge is 2.51. The van der Waals surface area contributed by atoms with Crippen molar-refractivity contribution in [1.82, 2.24) is 24.5 Å². The molecule has 0 bridgehead atoms. The predicted molar refractivity (Wildman–Crippen MR) is 137 cm³/mol. The first kappa shape index (κ1) is 25.4. The molecule has 0 atom stereocenters. The van der Waals surface area contributed by atoms with Gasteiger partial charge in [-0.05, 0) is 43.1 Å². The van der Waals surface area contributed by atoms with Gasteiger partial charge in [0.05, 0.1) is 18.8 Å². The number of rotatable bonds is 6. The van der Waals surface area contributed by atoms with E-state index < -0.39 is 11.8 Å². The number of nitrogen functional groups attached to an aromatic ring is 1. The van der Waals surface area contributed by atoms with E-state index in [1.54, 1.807) is 40.9 Å². The molecule has 38 heavy (non-hydrogen) atoms. The van der Waals surface area contributed by atoms with Crippen LogP contribution >= 0.6 is 0 Å². The van der Waals surface area contributed by atoms with Gasteiger partial charge >= 0.3 is 0 Å². The van der Waals surface area contributed by atoms with Gasteiger partial charge in [-0.3, -0.25) is 14.3 Å². The Morgan fingerprint density at radius 1 is 1.26 bits per heavy atom. The van der Waals surface area contributed by atoms with Crippen LogP contribution in [0.25, 0.3) is 11.3 Å². The number of likely N-dealkylation sites (tertiary alicyclic amines) is 1. The Balaban J connectivity index is 1.37. The highest BCUT2D eigenvalue weighted by atomic mass is 19.3. The van der Waals surface area contributed by atoms with Crippen molar-refractivity contribution in [2.75, 3.05) is 18.8 Å². The Hall–Kier alpha value is -4.20. The Morgan fingerprint density at radius 3 is 2.68 bits per heavy atom. The Kier molecular flexibility index (Phi) is 6.21. The molecule has 0 unspecified atom stereocenters. The number of amides is 2. The Labute approximate surface area is 218 Å². The summed E-state index contributed by atoms with van der Waals surface area (Å²) < 4.78 is 31.3. The zero-order valence-electron chi connectivity index (χ0n) is 21.2. The van der Waals surface area contributed by atoms with Crippen LogP contribution in [0.15, 0.2) is 36.7 Å². The fourth-order valence-corrected chi connectivity index (χ4v) is 5.74. The molecule has 1 saturated carbocycles. The molecule has 3 heterocycles. The summed E-state index contributed by atoms with van der Waals surface area (Å²) in [5.74, 6) is 1.57. The van der Waals surface area contributed by atoms with Gasteiger partial charge in [-0.25, -0.2) is 13.5 Å². The van der Waals surface area contributed by atoms with Crippen LogP contribution < -0.4 is 11.5 Å². The van der Waals surface area contributed by atoms with Gasteiger partial charge in [-0.2, -0.15) is 10.2 Å². The van der Waals surface area contributed by atoms with E-state index in [2.05, 4.69) is 22.0 Å². The number of aromatic nitrogens is 4. The standard InChI is InChI=1S/C27H29F2N7O2/c1-3-6-21(37)34-10-9-27(16-34)11-19(12-27)36-24(30)22(25(31)38)23(33-36)18-13-32-35(15-18)14-17-7-4-5-8-20(17)26(2,28)29/h4-5,7-8,13,15,19H,9-12,14,16,30H2,1-2H3,(H2,31,38).